The SMILES string of the molecule is O=C(Cc1cccs1)N[C@]1(c2ccccc2)CCN(c2nncs2)C[C@H]1O. The molecular weight excluding hydrogens is 380 g/mol. The molecule has 0 spiro atoms. The summed E-state index contributed by atoms with van der Waals surface area (Å²) in [5, 5.41) is 25.0. The second-order valence-corrected chi connectivity index (χ2v) is 8.42. The Morgan fingerprint density at radius 1 is 1.26 bits per heavy atom. The molecule has 140 valence electrons. The van der Waals surface area contributed by atoms with Gasteiger partial charge in [-0.25, -0.2) is 0 Å². The number of carbonyl (C=O) groups is 1. The van der Waals surface area contributed by atoms with Crippen LogP contribution in [0.25, 0.3) is 0 Å². The predicted octanol–water partition coefficient (Wildman–Crippen LogP) is 2.43. The zero-order valence-corrected chi connectivity index (χ0v) is 16.2. The first-order chi connectivity index (χ1) is 13.2. The quantitative estimate of drug-likeness (QED) is 0.688. The number of nitrogens with zero attached hydrogens (tertiary/aromatic N) is 3. The molecule has 1 saturated heterocycles. The number of amides is 1. The summed E-state index contributed by atoms with van der Waals surface area (Å²) in [6, 6.07) is 13.6. The van der Waals surface area contributed by atoms with E-state index in [1.54, 1.807) is 16.8 Å². The summed E-state index contributed by atoms with van der Waals surface area (Å²) < 4.78 is 0. The largest absolute Gasteiger partial charge is 0.388 e. The van der Waals surface area contributed by atoms with Crippen LogP contribution in [0.2, 0.25) is 0 Å². The standard InChI is InChI=1S/C19H20N4O2S2/c24-16-12-23(18-22-20-13-27-18)9-8-19(16,14-5-2-1-3-6-14)21-17(25)11-15-7-4-10-26-15/h1-7,10,13,16,24H,8-9,11-12H2,(H,21,25)/t16-,19+/m1/s1. The van der Waals surface area contributed by atoms with Crippen molar-refractivity contribution in [1.82, 2.24) is 15.5 Å². The molecule has 6 nitrogen and oxygen atoms in total. The number of benzene rings is 1. The third kappa shape index (κ3) is 3.73. The Kier molecular flexibility index (Phi) is 5.20. The molecule has 1 aliphatic rings. The number of rotatable bonds is 5. The fourth-order valence-electron chi connectivity index (χ4n) is 3.57. The molecule has 3 heterocycles. The highest BCUT2D eigenvalue weighted by Crippen LogP contribution is 2.35. The first kappa shape index (κ1) is 18.1. The topological polar surface area (TPSA) is 78.4 Å². The predicted molar refractivity (Wildman–Crippen MR) is 107 cm³/mol. The van der Waals surface area contributed by atoms with Crippen LogP contribution in [0.5, 0.6) is 0 Å². The van der Waals surface area contributed by atoms with Gasteiger partial charge in [0.2, 0.25) is 11.0 Å². The van der Waals surface area contributed by atoms with Gasteiger partial charge in [-0.1, -0.05) is 47.7 Å². The molecule has 2 atom stereocenters. The number of thiophene rings is 1. The molecule has 3 aromatic rings. The van der Waals surface area contributed by atoms with Crippen molar-refractivity contribution in [2.24, 2.45) is 0 Å². The Morgan fingerprint density at radius 3 is 2.78 bits per heavy atom. The summed E-state index contributed by atoms with van der Waals surface area (Å²) in [4.78, 5) is 15.8. The van der Waals surface area contributed by atoms with E-state index >= 15 is 0 Å². The van der Waals surface area contributed by atoms with Gasteiger partial charge in [0.05, 0.1) is 18.1 Å². The number of hydrogen-bond donors (Lipinski definition) is 2. The lowest BCUT2D eigenvalue weighted by molar-refractivity contribution is -0.124. The Labute approximate surface area is 165 Å². The number of nitrogens with one attached hydrogen (secondary N) is 1. The monoisotopic (exact) mass is 400 g/mol. The third-order valence-electron chi connectivity index (χ3n) is 4.92. The van der Waals surface area contributed by atoms with Crippen molar-refractivity contribution < 1.29 is 9.90 Å². The zero-order valence-electron chi connectivity index (χ0n) is 14.6. The molecule has 1 aromatic carbocycles. The van der Waals surface area contributed by atoms with Gasteiger partial charge in [0, 0.05) is 18.0 Å². The lowest BCUT2D eigenvalue weighted by atomic mass is 9.78. The Hall–Kier alpha value is -2.29. The Balaban J connectivity index is 1.59. The molecule has 1 amide bonds. The molecule has 0 radical (unpaired) electrons. The highest BCUT2D eigenvalue weighted by Gasteiger charge is 2.45. The highest BCUT2D eigenvalue weighted by molar-refractivity contribution is 7.13. The molecule has 4 rings (SSSR count). The number of β-amino-alcohol motifs (C(OH)–C–C–N with tert-alkyl or cyclic N) is 1. The lowest BCUT2D eigenvalue weighted by Gasteiger charge is -2.46. The molecular formula is C19H20N4O2S2. The average Bonchev–Trinajstić information content (AvgIpc) is 3.38. The van der Waals surface area contributed by atoms with Crippen LogP contribution in [-0.2, 0) is 16.8 Å². The summed E-state index contributed by atoms with van der Waals surface area (Å²) in [6.45, 7) is 1.07. The minimum Gasteiger partial charge on any atom is -0.388 e. The second-order valence-electron chi connectivity index (χ2n) is 6.57. The minimum atomic E-state index is -0.809. The van der Waals surface area contributed by atoms with Crippen molar-refractivity contribution in [2.45, 2.75) is 24.5 Å². The van der Waals surface area contributed by atoms with E-state index in [9.17, 15) is 9.90 Å². The van der Waals surface area contributed by atoms with Crippen LogP contribution in [0.3, 0.4) is 0 Å². The molecule has 2 N–H and O–H groups in total. The van der Waals surface area contributed by atoms with E-state index in [-0.39, 0.29) is 5.91 Å². The Morgan fingerprint density at radius 2 is 2.11 bits per heavy atom. The van der Waals surface area contributed by atoms with Gasteiger partial charge in [-0.2, -0.15) is 0 Å². The van der Waals surface area contributed by atoms with Gasteiger partial charge in [-0.05, 0) is 23.4 Å². The van der Waals surface area contributed by atoms with Gasteiger partial charge in [0.15, 0.2) is 0 Å². The lowest BCUT2D eigenvalue weighted by Crippen LogP contribution is -2.62. The first-order valence-electron chi connectivity index (χ1n) is 8.75. The van der Waals surface area contributed by atoms with Gasteiger partial charge in [0.25, 0.3) is 0 Å². The smallest absolute Gasteiger partial charge is 0.226 e. The molecule has 1 aliphatic heterocycles. The van der Waals surface area contributed by atoms with Crippen molar-refractivity contribution in [2.75, 3.05) is 18.0 Å². The summed E-state index contributed by atoms with van der Waals surface area (Å²) >= 11 is 3.01. The van der Waals surface area contributed by atoms with Gasteiger partial charge in [0.1, 0.15) is 5.51 Å². The number of anilines is 1. The van der Waals surface area contributed by atoms with Crippen LogP contribution in [0.4, 0.5) is 5.13 Å². The summed E-state index contributed by atoms with van der Waals surface area (Å²) in [7, 11) is 0. The molecule has 8 heteroatoms. The van der Waals surface area contributed by atoms with Crippen LogP contribution < -0.4 is 10.2 Å². The molecule has 2 aromatic heterocycles. The van der Waals surface area contributed by atoms with Crippen LogP contribution in [-0.4, -0.2) is 40.4 Å². The summed E-state index contributed by atoms with van der Waals surface area (Å²) in [6.07, 6.45) is 0.150. The van der Waals surface area contributed by atoms with Crippen molar-refractivity contribution in [1.29, 1.82) is 0 Å². The number of aromatic nitrogens is 2. The number of piperidine rings is 1. The van der Waals surface area contributed by atoms with Gasteiger partial charge >= 0.3 is 0 Å². The van der Waals surface area contributed by atoms with Crippen molar-refractivity contribution in [3.63, 3.8) is 0 Å². The van der Waals surface area contributed by atoms with Crippen LogP contribution >= 0.6 is 22.7 Å². The van der Waals surface area contributed by atoms with Gasteiger partial charge in [-0.15, -0.1) is 21.5 Å². The average molecular weight is 401 g/mol. The number of hydrogen-bond acceptors (Lipinski definition) is 7. The van der Waals surface area contributed by atoms with E-state index in [0.717, 1.165) is 15.6 Å². The van der Waals surface area contributed by atoms with Crippen molar-refractivity contribution >= 4 is 33.7 Å². The van der Waals surface area contributed by atoms with E-state index in [1.165, 1.54) is 11.3 Å². The fraction of sp³-hybridized carbons (Fsp3) is 0.316. The summed E-state index contributed by atoms with van der Waals surface area (Å²) in [5.41, 5.74) is 1.80. The van der Waals surface area contributed by atoms with E-state index < -0.39 is 11.6 Å². The van der Waals surface area contributed by atoms with E-state index in [0.29, 0.717) is 25.9 Å². The molecule has 0 aliphatic carbocycles. The zero-order chi connectivity index (χ0) is 18.7. The molecule has 0 bridgehead atoms. The number of aliphatic hydroxyl groups excluding tert-OH is 1. The van der Waals surface area contributed by atoms with Gasteiger partial charge in [-0.3, -0.25) is 4.79 Å². The molecule has 27 heavy (non-hydrogen) atoms. The highest BCUT2D eigenvalue weighted by atomic mass is 32.1. The maximum Gasteiger partial charge on any atom is 0.226 e. The number of carbonyl (C=O) groups excluding carboxylic acids is 1. The molecule has 0 unspecified atom stereocenters. The fourth-order valence-corrected chi connectivity index (χ4v) is 4.87. The molecule has 0 saturated carbocycles. The van der Waals surface area contributed by atoms with E-state index in [2.05, 4.69) is 15.5 Å². The van der Waals surface area contributed by atoms with Crippen LogP contribution in [0, 0.1) is 0 Å². The van der Waals surface area contributed by atoms with E-state index in [1.807, 2.05) is 52.7 Å². The third-order valence-corrected chi connectivity index (χ3v) is 6.55. The van der Waals surface area contributed by atoms with Gasteiger partial charge < -0.3 is 15.3 Å². The maximum absolute atomic E-state index is 12.8. The van der Waals surface area contributed by atoms with Crippen molar-refractivity contribution in [3.8, 4) is 0 Å². The van der Waals surface area contributed by atoms with Crippen LogP contribution in [0.15, 0.2) is 53.4 Å². The minimum absolute atomic E-state index is 0.0790. The first-order valence-corrected chi connectivity index (χ1v) is 10.5. The van der Waals surface area contributed by atoms with Crippen LogP contribution in [0.1, 0.15) is 16.9 Å². The van der Waals surface area contributed by atoms with E-state index in [4.69, 9.17) is 0 Å². The second kappa shape index (κ2) is 7.75. The summed E-state index contributed by atoms with van der Waals surface area (Å²) in [5.74, 6) is -0.0790. The van der Waals surface area contributed by atoms with Crippen molar-refractivity contribution in [3.05, 3.63) is 63.8 Å². The Bertz CT molecular complexity index is 871. The maximum atomic E-state index is 12.8. The number of aliphatic hydroxyl groups is 1. The normalized spacial score (nSPS) is 22.6. The molecule has 1 fully saturated rings.